The zero-order chi connectivity index (χ0) is 12.4. The molecule has 18 heavy (non-hydrogen) atoms. The van der Waals surface area contributed by atoms with Gasteiger partial charge in [0.2, 0.25) is 0 Å². The van der Waals surface area contributed by atoms with E-state index in [9.17, 15) is 4.79 Å². The number of furan rings is 1. The number of nitrogens with one attached hydrogen (secondary N) is 1. The van der Waals surface area contributed by atoms with Crippen LogP contribution >= 0.6 is 0 Å². The smallest absolute Gasteiger partial charge is 0.287 e. The molecule has 1 aliphatic rings. The van der Waals surface area contributed by atoms with Crippen molar-refractivity contribution in [3.8, 4) is 11.1 Å². The van der Waals surface area contributed by atoms with Gasteiger partial charge < -0.3 is 9.73 Å². The standard InChI is InChI=1S/C15H15NO2/c17-15(16-10-11-6-7-11)14-13(8-9-18-14)12-4-2-1-3-5-12/h1-5,8-9,11H,6-7,10H2,(H,16,17). The van der Waals surface area contributed by atoms with Crippen LogP contribution in [0.15, 0.2) is 47.1 Å². The lowest BCUT2D eigenvalue weighted by molar-refractivity contribution is 0.0925. The second-order valence-corrected chi connectivity index (χ2v) is 4.68. The first kappa shape index (κ1) is 11.1. The van der Waals surface area contributed by atoms with E-state index in [1.165, 1.54) is 12.8 Å². The third-order valence-corrected chi connectivity index (χ3v) is 3.20. The van der Waals surface area contributed by atoms with Crippen molar-refractivity contribution in [3.63, 3.8) is 0 Å². The monoisotopic (exact) mass is 241 g/mol. The largest absolute Gasteiger partial charge is 0.459 e. The van der Waals surface area contributed by atoms with E-state index in [4.69, 9.17) is 4.42 Å². The van der Waals surface area contributed by atoms with Crippen LogP contribution in [0.1, 0.15) is 23.4 Å². The molecule has 2 aromatic rings. The quantitative estimate of drug-likeness (QED) is 0.893. The highest BCUT2D eigenvalue weighted by Gasteiger charge is 2.23. The predicted octanol–water partition coefficient (Wildman–Crippen LogP) is 3.09. The number of amides is 1. The molecule has 0 radical (unpaired) electrons. The molecule has 3 nitrogen and oxygen atoms in total. The minimum atomic E-state index is -0.120. The van der Waals surface area contributed by atoms with Gasteiger partial charge in [0.15, 0.2) is 5.76 Å². The van der Waals surface area contributed by atoms with E-state index in [1.807, 2.05) is 36.4 Å². The SMILES string of the molecule is O=C(NCC1CC1)c1occc1-c1ccccc1. The van der Waals surface area contributed by atoms with Crippen molar-refractivity contribution in [2.45, 2.75) is 12.8 Å². The summed E-state index contributed by atoms with van der Waals surface area (Å²) in [5, 5.41) is 2.92. The van der Waals surface area contributed by atoms with Gasteiger partial charge in [0.1, 0.15) is 0 Å². The number of hydrogen-bond acceptors (Lipinski definition) is 2. The van der Waals surface area contributed by atoms with Crippen molar-refractivity contribution >= 4 is 5.91 Å². The van der Waals surface area contributed by atoms with Crippen LogP contribution in [-0.4, -0.2) is 12.5 Å². The Labute approximate surface area is 106 Å². The van der Waals surface area contributed by atoms with Gasteiger partial charge in [0.25, 0.3) is 5.91 Å². The first-order valence-corrected chi connectivity index (χ1v) is 6.25. The molecule has 1 aromatic heterocycles. The molecule has 0 atom stereocenters. The fourth-order valence-corrected chi connectivity index (χ4v) is 1.97. The summed E-state index contributed by atoms with van der Waals surface area (Å²) in [6.45, 7) is 0.758. The average Bonchev–Trinajstić information content (AvgIpc) is 3.11. The van der Waals surface area contributed by atoms with Crippen molar-refractivity contribution < 1.29 is 9.21 Å². The highest BCUT2D eigenvalue weighted by molar-refractivity contribution is 5.98. The first-order chi connectivity index (χ1) is 8.84. The minimum absolute atomic E-state index is 0.120. The molecule has 1 amide bonds. The second kappa shape index (κ2) is 4.69. The summed E-state index contributed by atoms with van der Waals surface area (Å²) < 4.78 is 5.32. The molecule has 0 spiro atoms. The van der Waals surface area contributed by atoms with E-state index in [0.717, 1.165) is 17.7 Å². The van der Waals surface area contributed by atoms with Crippen molar-refractivity contribution in [3.05, 3.63) is 48.4 Å². The van der Waals surface area contributed by atoms with Crippen LogP contribution in [-0.2, 0) is 0 Å². The predicted molar refractivity (Wildman–Crippen MR) is 69.2 cm³/mol. The molecule has 1 aliphatic carbocycles. The van der Waals surface area contributed by atoms with Crippen LogP contribution in [0, 0.1) is 5.92 Å². The Bertz CT molecular complexity index is 541. The van der Waals surface area contributed by atoms with E-state index >= 15 is 0 Å². The molecule has 3 heteroatoms. The molecule has 0 unspecified atom stereocenters. The summed E-state index contributed by atoms with van der Waals surface area (Å²) in [6, 6.07) is 11.6. The molecule has 1 heterocycles. The maximum atomic E-state index is 12.0. The van der Waals surface area contributed by atoms with Gasteiger partial charge in [-0.05, 0) is 30.4 Å². The van der Waals surface area contributed by atoms with Crippen molar-refractivity contribution in [2.75, 3.05) is 6.54 Å². The molecule has 1 fully saturated rings. The Morgan fingerprint density at radius 2 is 2.00 bits per heavy atom. The van der Waals surface area contributed by atoms with Gasteiger partial charge in [-0.25, -0.2) is 0 Å². The summed E-state index contributed by atoms with van der Waals surface area (Å²) in [5.41, 5.74) is 1.85. The van der Waals surface area contributed by atoms with Crippen LogP contribution in [0.3, 0.4) is 0 Å². The zero-order valence-corrected chi connectivity index (χ0v) is 10.1. The summed E-state index contributed by atoms with van der Waals surface area (Å²) in [4.78, 5) is 12.0. The summed E-state index contributed by atoms with van der Waals surface area (Å²) in [6.07, 6.45) is 4.02. The van der Waals surface area contributed by atoms with Gasteiger partial charge in [-0.2, -0.15) is 0 Å². The number of hydrogen-bond donors (Lipinski definition) is 1. The normalized spacial score (nSPS) is 14.4. The van der Waals surface area contributed by atoms with E-state index in [2.05, 4.69) is 5.32 Å². The maximum Gasteiger partial charge on any atom is 0.287 e. The first-order valence-electron chi connectivity index (χ1n) is 6.25. The maximum absolute atomic E-state index is 12.0. The summed E-state index contributed by atoms with van der Waals surface area (Å²) >= 11 is 0. The third kappa shape index (κ3) is 2.30. The number of carbonyl (C=O) groups is 1. The van der Waals surface area contributed by atoms with E-state index in [-0.39, 0.29) is 5.91 Å². The molecular formula is C15H15NO2. The molecule has 3 rings (SSSR count). The number of benzene rings is 1. The van der Waals surface area contributed by atoms with Gasteiger partial charge in [0, 0.05) is 12.1 Å². The van der Waals surface area contributed by atoms with Gasteiger partial charge >= 0.3 is 0 Å². The number of rotatable bonds is 4. The Kier molecular flexibility index (Phi) is 2.89. The highest BCUT2D eigenvalue weighted by Crippen LogP contribution is 2.28. The number of carbonyl (C=O) groups excluding carboxylic acids is 1. The lowest BCUT2D eigenvalue weighted by atomic mass is 10.1. The minimum Gasteiger partial charge on any atom is -0.459 e. The van der Waals surface area contributed by atoms with Gasteiger partial charge in [0.05, 0.1) is 6.26 Å². The van der Waals surface area contributed by atoms with Crippen LogP contribution in [0.25, 0.3) is 11.1 Å². The summed E-state index contributed by atoms with van der Waals surface area (Å²) in [5.74, 6) is 0.955. The molecule has 92 valence electrons. The fourth-order valence-electron chi connectivity index (χ4n) is 1.97. The molecule has 1 N–H and O–H groups in total. The van der Waals surface area contributed by atoms with Crippen LogP contribution < -0.4 is 5.32 Å². The molecule has 1 aromatic carbocycles. The highest BCUT2D eigenvalue weighted by atomic mass is 16.3. The van der Waals surface area contributed by atoms with Crippen LogP contribution in [0.2, 0.25) is 0 Å². The zero-order valence-electron chi connectivity index (χ0n) is 10.1. The fraction of sp³-hybridized carbons (Fsp3) is 0.267. The molecule has 0 saturated heterocycles. The third-order valence-electron chi connectivity index (χ3n) is 3.20. The van der Waals surface area contributed by atoms with Crippen LogP contribution in [0.4, 0.5) is 0 Å². The van der Waals surface area contributed by atoms with Crippen molar-refractivity contribution in [1.29, 1.82) is 0 Å². The van der Waals surface area contributed by atoms with Gasteiger partial charge in [-0.1, -0.05) is 30.3 Å². The van der Waals surface area contributed by atoms with Gasteiger partial charge in [-0.3, -0.25) is 4.79 Å². The average molecular weight is 241 g/mol. The van der Waals surface area contributed by atoms with Crippen molar-refractivity contribution in [2.24, 2.45) is 5.92 Å². The summed E-state index contributed by atoms with van der Waals surface area (Å²) in [7, 11) is 0. The Morgan fingerprint density at radius 3 is 2.72 bits per heavy atom. The van der Waals surface area contributed by atoms with Crippen LogP contribution in [0.5, 0.6) is 0 Å². The van der Waals surface area contributed by atoms with Crippen molar-refractivity contribution in [1.82, 2.24) is 5.32 Å². The molecule has 0 bridgehead atoms. The molecule has 0 aliphatic heterocycles. The Balaban J connectivity index is 1.80. The second-order valence-electron chi connectivity index (χ2n) is 4.68. The van der Waals surface area contributed by atoms with E-state index in [0.29, 0.717) is 11.7 Å². The molecular weight excluding hydrogens is 226 g/mol. The Hall–Kier alpha value is -2.03. The van der Waals surface area contributed by atoms with E-state index < -0.39 is 0 Å². The molecule has 1 saturated carbocycles. The topological polar surface area (TPSA) is 42.2 Å². The lowest BCUT2D eigenvalue weighted by Crippen LogP contribution is -2.25. The van der Waals surface area contributed by atoms with E-state index in [1.54, 1.807) is 6.26 Å². The Morgan fingerprint density at radius 1 is 1.22 bits per heavy atom. The van der Waals surface area contributed by atoms with Gasteiger partial charge in [-0.15, -0.1) is 0 Å². The lowest BCUT2D eigenvalue weighted by Gasteiger charge is -2.04.